The Labute approximate surface area is 243 Å². The standard InChI is InChI=1S/C34H20N3O2.Pt/c38-34-25-9-3-1-8-22(25)19-23-14-18-32(36-33(23)34)39-24-15-16-27-26-10-4-6-12-29(26)37(30(27)20-24)31-17-13-21-7-2-5-11-28(21)35-31;/h1-19,38H;/q-1;. The minimum absolute atomic E-state index is 0. The number of aromatic hydroxyl groups is 1. The van der Waals surface area contributed by atoms with Gasteiger partial charge in [-0.25, -0.2) is 9.97 Å². The molecule has 0 fully saturated rings. The van der Waals surface area contributed by atoms with Crippen LogP contribution in [0.15, 0.2) is 115 Å². The number of hydrogen-bond donors (Lipinski definition) is 1. The smallest absolute Gasteiger partial charge is 0.217 e. The van der Waals surface area contributed by atoms with Gasteiger partial charge in [0.05, 0.1) is 5.52 Å². The summed E-state index contributed by atoms with van der Waals surface area (Å²) >= 11 is 0. The zero-order chi connectivity index (χ0) is 25.9. The monoisotopic (exact) mass is 697 g/mol. The van der Waals surface area contributed by atoms with Crippen LogP contribution in [0.1, 0.15) is 0 Å². The first-order chi connectivity index (χ1) is 19.2. The maximum atomic E-state index is 10.9. The number of benzene rings is 5. The van der Waals surface area contributed by atoms with E-state index in [2.05, 4.69) is 39.9 Å². The Balaban J connectivity index is 0.00000264. The first-order valence-corrected chi connectivity index (χ1v) is 12.7. The summed E-state index contributed by atoms with van der Waals surface area (Å²) in [4.78, 5) is 9.61. The van der Waals surface area contributed by atoms with Crippen LogP contribution in [-0.2, 0) is 21.1 Å². The molecule has 0 aliphatic rings. The summed E-state index contributed by atoms with van der Waals surface area (Å²) in [5, 5.41) is 16.8. The summed E-state index contributed by atoms with van der Waals surface area (Å²) in [6.45, 7) is 0. The van der Waals surface area contributed by atoms with Crippen molar-refractivity contribution >= 4 is 54.4 Å². The molecule has 0 unspecified atom stereocenters. The summed E-state index contributed by atoms with van der Waals surface area (Å²) < 4.78 is 8.33. The number of aromatic nitrogens is 3. The van der Waals surface area contributed by atoms with E-state index >= 15 is 0 Å². The number of para-hydroxylation sites is 2. The van der Waals surface area contributed by atoms with Crippen LogP contribution in [0.5, 0.6) is 17.4 Å². The fraction of sp³-hybridized carbons (Fsp3) is 0. The SMILES string of the molecule is Oc1c2ccccc2cc2ccc(Oc3[c-]c4c(cc3)c3ccccc3n4-c3ccc4ccccc4n3)nc12.[Pt]. The van der Waals surface area contributed by atoms with Crippen molar-refractivity contribution in [2.75, 3.05) is 0 Å². The second kappa shape index (κ2) is 9.48. The zero-order valence-electron chi connectivity index (χ0n) is 21.0. The molecule has 8 rings (SSSR count). The van der Waals surface area contributed by atoms with Crippen LogP contribution < -0.4 is 4.74 Å². The molecule has 5 nitrogen and oxygen atoms in total. The first-order valence-electron chi connectivity index (χ1n) is 12.7. The number of pyridine rings is 2. The number of fused-ring (bicyclic) bond motifs is 6. The van der Waals surface area contributed by atoms with Gasteiger partial charge in [-0.05, 0) is 47.2 Å². The van der Waals surface area contributed by atoms with E-state index in [1.54, 1.807) is 0 Å². The molecule has 0 radical (unpaired) electrons. The van der Waals surface area contributed by atoms with Crippen molar-refractivity contribution < 1.29 is 30.9 Å². The number of phenolic OH excluding ortho intramolecular Hbond substituents is 1. The minimum Gasteiger partial charge on any atom is -0.505 e. The quantitative estimate of drug-likeness (QED) is 0.149. The van der Waals surface area contributed by atoms with Crippen LogP contribution in [0.4, 0.5) is 0 Å². The van der Waals surface area contributed by atoms with Gasteiger partial charge in [0.15, 0.2) is 0 Å². The average molecular weight is 698 g/mol. The van der Waals surface area contributed by atoms with Gasteiger partial charge >= 0.3 is 0 Å². The van der Waals surface area contributed by atoms with Crippen LogP contribution in [-0.4, -0.2) is 19.6 Å². The molecule has 0 aliphatic heterocycles. The van der Waals surface area contributed by atoms with Crippen molar-refractivity contribution in [3.63, 3.8) is 0 Å². The maximum Gasteiger partial charge on any atom is 0.217 e. The van der Waals surface area contributed by atoms with Crippen LogP contribution in [0, 0.1) is 6.07 Å². The molecule has 194 valence electrons. The molecule has 0 spiro atoms. The van der Waals surface area contributed by atoms with Crippen LogP contribution in [0.25, 0.3) is 60.2 Å². The Morgan fingerprint density at radius 3 is 2.30 bits per heavy atom. The van der Waals surface area contributed by atoms with Gasteiger partial charge in [0.2, 0.25) is 5.88 Å². The van der Waals surface area contributed by atoms with Gasteiger partial charge < -0.3 is 14.4 Å². The summed E-state index contributed by atoms with van der Waals surface area (Å²) in [7, 11) is 0. The van der Waals surface area contributed by atoms with Gasteiger partial charge in [-0.15, -0.1) is 17.5 Å². The average Bonchev–Trinajstić information content (AvgIpc) is 3.31. The van der Waals surface area contributed by atoms with Crippen molar-refractivity contribution in [2.45, 2.75) is 0 Å². The van der Waals surface area contributed by atoms with Crippen molar-refractivity contribution in [3.8, 4) is 23.2 Å². The molecule has 0 saturated carbocycles. The van der Waals surface area contributed by atoms with E-state index in [1.807, 2.05) is 91.0 Å². The summed E-state index contributed by atoms with van der Waals surface area (Å²) in [6.07, 6.45) is 0. The number of ether oxygens (including phenoxy) is 1. The minimum atomic E-state index is 0. The van der Waals surface area contributed by atoms with Crippen molar-refractivity contribution in [1.82, 2.24) is 14.5 Å². The number of rotatable bonds is 3. The summed E-state index contributed by atoms with van der Waals surface area (Å²) in [5.41, 5.74) is 3.35. The second-order valence-corrected chi connectivity index (χ2v) is 9.57. The fourth-order valence-corrected chi connectivity index (χ4v) is 5.41. The Morgan fingerprint density at radius 2 is 1.40 bits per heavy atom. The third-order valence-electron chi connectivity index (χ3n) is 7.24. The Kier molecular flexibility index (Phi) is 5.76. The Hall–Kier alpha value is -4.73. The number of nitrogens with zero attached hydrogens (tertiary/aromatic N) is 3. The topological polar surface area (TPSA) is 60.2 Å². The number of hydrogen-bond acceptors (Lipinski definition) is 4. The van der Waals surface area contributed by atoms with E-state index in [1.165, 1.54) is 0 Å². The maximum absolute atomic E-state index is 10.9. The van der Waals surface area contributed by atoms with Gasteiger partial charge in [0, 0.05) is 54.6 Å². The Bertz CT molecular complexity index is 2240. The largest absolute Gasteiger partial charge is 0.505 e. The molecule has 0 atom stereocenters. The zero-order valence-corrected chi connectivity index (χ0v) is 23.3. The molecule has 6 heteroatoms. The summed E-state index contributed by atoms with van der Waals surface area (Å²) in [6, 6.07) is 41.4. The summed E-state index contributed by atoms with van der Waals surface area (Å²) in [5.74, 6) is 1.87. The van der Waals surface area contributed by atoms with E-state index in [9.17, 15) is 5.11 Å². The van der Waals surface area contributed by atoms with Crippen molar-refractivity contribution in [1.29, 1.82) is 0 Å². The molecule has 0 aliphatic carbocycles. The van der Waals surface area contributed by atoms with Gasteiger partial charge in [0.25, 0.3) is 0 Å². The first kappa shape index (κ1) is 24.3. The van der Waals surface area contributed by atoms with E-state index in [-0.39, 0.29) is 26.8 Å². The molecule has 3 heterocycles. The number of phenols is 1. The third kappa shape index (κ3) is 3.82. The van der Waals surface area contributed by atoms with Crippen LogP contribution in [0.2, 0.25) is 0 Å². The van der Waals surface area contributed by atoms with E-state index < -0.39 is 0 Å². The molecule has 0 amide bonds. The van der Waals surface area contributed by atoms with Crippen molar-refractivity contribution in [2.24, 2.45) is 0 Å². The molecule has 0 bridgehead atoms. The predicted molar refractivity (Wildman–Crippen MR) is 156 cm³/mol. The van der Waals surface area contributed by atoms with E-state index in [0.717, 1.165) is 54.7 Å². The Morgan fingerprint density at radius 1 is 0.650 bits per heavy atom. The molecule has 8 aromatic rings. The molecular formula is C34H20N3O2Pt-. The molecule has 3 aromatic heterocycles. The molecular weight excluding hydrogens is 677 g/mol. The van der Waals surface area contributed by atoms with Gasteiger partial charge in [-0.2, -0.15) is 6.07 Å². The molecule has 1 N–H and O–H groups in total. The van der Waals surface area contributed by atoms with E-state index in [4.69, 9.17) is 9.72 Å². The van der Waals surface area contributed by atoms with Crippen LogP contribution >= 0.6 is 0 Å². The molecule has 0 saturated heterocycles. The normalized spacial score (nSPS) is 11.4. The fourth-order valence-electron chi connectivity index (χ4n) is 5.41. The van der Waals surface area contributed by atoms with Gasteiger partial charge in [0.1, 0.15) is 17.1 Å². The van der Waals surface area contributed by atoms with Crippen LogP contribution in [0.3, 0.4) is 0 Å². The van der Waals surface area contributed by atoms with Gasteiger partial charge in [-0.1, -0.05) is 66.2 Å². The molecule has 40 heavy (non-hydrogen) atoms. The van der Waals surface area contributed by atoms with Gasteiger partial charge in [-0.3, -0.25) is 0 Å². The second-order valence-electron chi connectivity index (χ2n) is 9.57. The third-order valence-corrected chi connectivity index (χ3v) is 7.24. The predicted octanol–water partition coefficient (Wildman–Crippen LogP) is 8.33. The van der Waals surface area contributed by atoms with E-state index in [0.29, 0.717) is 17.1 Å². The molecule has 5 aromatic carbocycles. The van der Waals surface area contributed by atoms with Crippen molar-refractivity contribution in [3.05, 3.63) is 121 Å².